The quantitative estimate of drug-likeness (QED) is 0.414. The summed E-state index contributed by atoms with van der Waals surface area (Å²) in [6.45, 7) is 2.20. The molecule has 0 aliphatic heterocycles. The molecule has 0 saturated heterocycles. The second kappa shape index (κ2) is 7.13. The van der Waals surface area contributed by atoms with Gasteiger partial charge in [0.2, 0.25) is 0 Å². The van der Waals surface area contributed by atoms with Gasteiger partial charge in [-0.3, -0.25) is 19.1 Å². The number of oxazole rings is 1. The summed E-state index contributed by atoms with van der Waals surface area (Å²) >= 11 is 1.28. The molecular formula is C20H15N9O2S. The highest BCUT2D eigenvalue weighted by Crippen LogP contribution is 2.27. The third kappa shape index (κ3) is 3.04. The maximum Gasteiger partial charge on any atom is 0.420 e. The summed E-state index contributed by atoms with van der Waals surface area (Å²) < 4.78 is 13.2. The van der Waals surface area contributed by atoms with E-state index in [2.05, 4.69) is 34.8 Å². The van der Waals surface area contributed by atoms with Gasteiger partial charge >= 0.3 is 5.76 Å². The Kier molecular flexibility index (Phi) is 4.11. The lowest BCUT2D eigenvalue weighted by molar-refractivity contribution is 0.516. The van der Waals surface area contributed by atoms with E-state index >= 15 is 0 Å². The first-order valence-electron chi connectivity index (χ1n) is 9.65. The van der Waals surface area contributed by atoms with E-state index in [4.69, 9.17) is 4.42 Å². The van der Waals surface area contributed by atoms with Crippen LogP contribution < -0.4 is 11.1 Å². The van der Waals surface area contributed by atoms with E-state index in [1.807, 2.05) is 29.8 Å². The lowest BCUT2D eigenvalue weighted by Gasteiger charge is -2.07. The lowest BCUT2D eigenvalue weighted by atomic mass is 10.3. The van der Waals surface area contributed by atoms with Gasteiger partial charge in [0.15, 0.2) is 17.0 Å². The highest BCUT2D eigenvalue weighted by Gasteiger charge is 2.15. The van der Waals surface area contributed by atoms with Gasteiger partial charge in [0.1, 0.15) is 10.5 Å². The molecule has 0 atom stereocenters. The summed E-state index contributed by atoms with van der Waals surface area (Å²) in [5, 5.41) is 10.9. The van der Waals surface area contributed by atoms with Gasteiger partial charge in [-0.25, -0.2) is 14.8 Å². The van der Waals surface area contributed by atoms with E-state index in [0.29, 0.717) is 22.6 Å². The van der Waals surface area contributed by atoms with Crippen LogP contribution in [0.15, 0.2) is 58.5 Å². The summed E-state index contributed by atoms with van der Waals surface area (Å²) in [5.74, 6) is 0.173. The SMILES string of the molecule is Cc1cn2c(-c3cn[nH]c3)cnc2c(Nc2cc(Cn3c(=O)oc4ccncc43)ns2)n1. The molecular weight excluding hydrogens is 430 g/mol. The van der Waals surface area contributed by atoms with E-state index < -0.39 is 5.76 Å². The van der Waals surface area contributed by atoms with Crippen molar-refractivity contribution in [1.29, 1.82) is 0 Å². The molecule has 0 fully saturated rings. The van der Waals surface area contributed by atoms with Gasteiger partial charge in [0.05, 0.1) is 42.2 Å². The second-order valence-corrected chi connectivity index (χ2v) is 7.96. The molecule has 12 heteroatoms. The van der Waals surface area contributed by atoms with Crippen molar-refractivity contribution in [1.82, 2.24) is 38.5 Å². The number of hydrogen-bond acceptors (Lipinski definition) is 9. The van der Waals surface area contributed by atoms with E-state index in [-0.39, 0.29) is 6.54 Å². The number of imidazole rings is 1. The Morgan fingerprint density at radius 3 is 3.09 bits per heavy atom. The Morgan fingerprint density at radius 2 is 2.22 bits per heavy atom. The van der Waals surface area contributed by atoms with E-state index in [9.17, 15) is 4.79 Å². The fourth-order valence-electron chi connectivity index (χ4n) is 3.58. The van der Waals surface area contributed by atoms with Gasteiger partial charge in [-0.05, 0) is 24.5 Å². The summed E-state index contributed by atoms with van der Waals surface area (Å²) in [5.41, 5.74) is 5.20. The zero-order valence-corrected chi connectivity index (χ0v) is 17.5. The van der Waals surface area contributed by atoms with Crippen molar-refractivity contribution in [2.45, 2.75) is 13.5 Å². The normalized spacial score (nSPS) is 11.5. The third-order valence-corrected chi connectivity index (χ3v) is 5.74. The molecule has 0 unspecified atom stereocenters. The van der Waals surface area contributed by atoms with Crippen LogP contribution >= 0.6 is 11.5 Å². The van der Waals surface area contributed by atoms with Gasteiger partial charge < -0.3 is 9.73 Å². The maximum absolute atomic E-state index is 12.2. The van der Waals surface area contributed by atoms with Crippen molar-refractivity contribution in [3.63, 3.8) is 0 Å². The molecule has 0 saturated carbocycles. The summed E-state index contributed by atoms with van der Waals surface area (Å²) in [7, 11) is 0. The van der Waals surface area contributed by atoms with Crippen LogP contribution in [0.5, 0.6) is 0 Å². The zero-order chi connectivity index (χ0) is 21.7. The Labute approximate surface area is 183 Å². The van der Waals surface area contributed by atoms with Gasteiger partial charge in [0.25, 0.3) is 0 Å². The predicted octanol–water partition coefficient (Wildman–Crippen LogP) is 2.98. The standard InChI is InChI=1S/C20H15N9O2S/c1-11-9-28-14(12-5-23-24-6-12)8-22-19(28)18(25-11)26-17-4-13(27-32-17)10-29-15-7-21-3-2-16(15)31-20(29)30/h2-9H,10H2,1H3,(H,23,24)(H,25,26). The molecule has 2 N–H and O–H groups in total. The molecule has 6 aromatic rings. The lowest BCUT2D eigenvalue weighted by Crippen LogP contribution is -2.15. The smallest absolute Gasteiger partial charge is 0.408 e. The number of nitrogens with zero attached hydrogens (tertiary/aromatic N) is 7. The molecule has 6 aromatic heterocycles. The van der Waals surface area contributed by atoms with E-state index in [1.165, 1.54) is 16.1 Å². The van der Waals surface area contributed by atoms with Crippen LogP contribution in [-0.4, -0.2) is 38.5 Å². The number of pyridine rings is 1. The first kappa shape index (κ1) is 18.4. The first-order valence-corrected chi connectivity index (χ1v) is 10.4. The number of anilines is 2. The van der Waals surface area contributed by atoms with Crippen LogP contribution in [0, 0.1) is 6.92 Å². The zero-order valence-electron chi connectivity index (χ0n) is 16.7. The van der Waals surface area contributed by atoms with Crippen LogP contribution in [0.1, 0.15) is 11.4 Å². The second-order valence-electron chi connectivity index (χ2n) is 7.16. The first-order chi connectivity index (χ1) is 15.7. The number of nitrogens with one attached hydrogen (secondary N) is 2. The largest absolute Gasteiger partial charge is 0.420 e. The van der Waals surface area contributed by atoms with E-state index in [0.717, 1.165) is 27.6 Å². The number of fused-ring (bicyclic) bond motifs is 2. The third-order valence-electron chi connectivity index (χ3n) is 5.00. The Morgan fingerprint density at radius 1 is 1.28 bits per heavy atom. The predicted molar refractivity (Wildman–Crippen MR) is 118 cm³/mol. The molecule has 0 bridgehead atoms. The topological polar surface area (TPSA) is 132 Å². The van der Waals surface area contributed by atoms with Crippen molar-refractivity contribution in [3.05, 3.63) is 71.3 Å². The van der Waals surface area contributed by atoms with Gasteiger partial charge in [-0.1, -0.05) is 0 Å². The molecule has 158 valence electrons. The monoisotopic (exact) mass is 445 g/mol. The number of aryl methyl sites for hydroxylation is 1. The fourth-order valence-corrected chi connectivity index (χ4v) is 4.24. The Hall–Kier alpha value is -4.32. The van der Waals surface area contributed by atoms with Crippen molar-refractivity contribution < 1.29 is 4.42 Å². The molecule has 0 amide bonds. The van der Waals surface area contributed by atoms with Crippen LogP contribution in [0.3, 0.4) is 0 Å². The fraction of sp³-hybridized carbons (Fsp3) is 0.100. The molecule has 0 aliphatic rings. The van der Waals surface area contributed by atoms with Gasteiger partial charge in [-0.2, -0.15) is 9.47 Å². The minimum atomic E-state index is -0.443. The average Bonchev–Trinajstić information content (AvgIpc) is 3.56. The van der Waals surface area contributed by atoms with Crippen molar-refractivity contribution >= 4 is 39.1 Å². The van der Waals surface area contributed by atoms with Crippen LogP contribution in [0.4, 0.5) is 10.8 Å². The van der Waals surface area contributed by atoms with Gasteiger partial charge in [-0.15, -0.1) is 0 Å². The van der Waals surface area contributed by atoms with Crippen LogP contribution in [0.2, 0.25) is 0 Å². The highest BCUT2D eigenvalue weighted by molar-refractivity contribution is 7.10. The molecule has 0 aromatic carbocycles. The Bertz CT molecular complexity index is 1620. The molecule has 0 radical (unpaired) electrons. The summed E-state index contributed by atoms with van der Waals surface area (Å²) in [6.07, 6.45) is 10.5. The summed E-state index contributed by atoms with van der Waals surface area (Å²) in [4.78, 5) is 25.5. The highest BCUT2D eigenvalue weighted by atomic mass is 32.1. The van der Waals surface area contributed by atoms with Crippen molar-refractivity contribution in [2.24, 2.45) is 0 Å². The van der Waals surface area contributed by atoms with Crippen LogP contribution in [-0.2, 0) is 6.54 Å². The van der Waals surface area contributed by atoms with E-state index in [1.54, 1.807) is 30.9 Å². The van der Waals surface area contributed by atoms with Gasteiger partial charge in [0, 0.05) is 30.2 Å². The van der Waals surface area contributed by atoms with Crippen molar-refractivity contribution in [2.75, 3.05) is 5.32 Å². The summed E-state index contributed by atoms with van der Waals surface area (Å²) in [6, 6.07) is 3.55. The molecule has 0 aliphatic carbocycles. The molecule has 0 spiro atoms. The van der Waals surface area contributed by atoms with Crippen molar-refractivity contribution in [3.8, 4) is 11.3 Å². The minimum absolute atomic E-state index is 0.278. The van der Waals surface area contributed by atoms with Crippen LogP contribution in [0.25, 0.3) is 28.0 Å². The molecule has 32 heavy (non-hydrogen) atoms. The number of hydrogen-bond donors (Lipinski definition) is 2. The average molecular weight is 445 g/mol. The maximum atomic E-state index is 12.2. The number of H-pyrrole nitrogens is 1. The number of rotatable bonds is 5. The molecule has 11 nitrogen and oxygen atoms in total. The Balaban J connectivity index is 1.32. The number of aromatic amines is 1. The minimum Gasteiger partial charge on any atom is -0.408 e. The molecule has 6 heterocycles. The molecule has 6 rings (SSSR count). The number of aromatic nitrogens is 8.